The minimum atomic E-state index is -1.29. The van der Waals surface area contributed by atoms with Gasteiger partial charge in [-0.25, -0.2) is 0 Å². The van der Waals surface area contributed by atoms with E-state index < -0.39 is 36.9 Å². The third kappa shape index (κ3) is 59.0. The molecular weight excluding hydrogens is 947 g/mol. The van der Waals surface area contributed by atoms with Crippen molar-refractivity contribution in [3.05, 3.63) is 36.5 Å². The molecule has 6 heteroatoms. The van der Waals surface area contributed by atoms with Crippen LogP contribution in [-0.4, -0.2) is 57.3 Å². The largest absolute Gasteiger partial charge is 0.394 e. The first-order valence-electron chi connectivity index (χ1n) is 34.9. The summed E-state index contributed by atoms with van der Waals surface area (Å²) in [5, 5.41) is 44.2. The van der Waals surface area contributed by atoms with E-state index >= 15 is 0 Å². The van der Waals surface area contributed by atoms with Crippen molar-refractivity contribution >= 4 is 5.91 Å². The zero-order valence-corrected chi connectivity index (χ0v) is 52.0. The highest BCUT2D eigenvalue weighted by atomic mass is 16.3. The highest BCUT2D eigenvalue weighted by Gasteiger charge is 2.28. The lowest BCUT2D eigenvalue weighted by Gasteiger charge is -2.27. The Labute approximate surface area is 481 Å². The summed E-state index contributed by atoms with van der Waals surface area (Å²) in [6, 6.07) is -1.01. The molecule has 4 unspecified atom stereocenters. The lowest BCUT2D eigenvalue weighted by molar-refractivity contribution is -0.132. The molecule has 0 aliphatic heterocycles. The number of aliphatic hydroxyl groups excluding tert-OH is 4. The number of carbonyl (C=O) groups is 1. The van der Waals surface area contributed by atoms with Crippen LogP contribution in [0.2, 0.25) is 0 Å². The fraction of sp³-hybridized carbons (Fsp3) is 0.901. The second kappa shape index (κ2) is 65.3. The molecular formula is C71H137NO5. The first-order chi connectivity index (χ1) is 38.0. The molecule has 0 aromatic heterocycles. The Balaban J connectivity index is 3.59. The van der Waals surface area contributed by atoms with Gasteiger partial charge in [-0.1, -0.05) is 339 Å². The summed E-state index contributed by atoms with van der Waals surface area (Å²) in [4.78, 5) is 12.7. The number of allylic oxidation sites excluding steroid dienone is 6. The number of carbonyl (C=O) groups excluding carboxylic acids is 1. The molecule has 0 rings (SSSR count). The third-order valence-electron chi connectivity index (χ3n) is 16.6. The minimum absolute atomic E-state index is 0.362. The van der Waals surface area contributed by atoms with E-state index in [0.29, 0.717) is 19.3 Å². The van der Waals surface area contributed by atoms with Crippen LogP contribution in [-0.2, 0) is 4.79 Å². The quantitative estimate of drug-likeness (QED) is 0.0308. The predicted octanol–water partition coefficient (Wildman–Crippen LogP) is 21.5. The van der Waals surface area contributed by atoms with Gasteiger partial charge < -0.3 is 25.7 Å². The van der Waals surface area contributed by atoms with E-state index in [1.807, 2.05) is 0 Å². The number of nitrogens with one attached hydrogen (secondary N) is 1. The van der Waals surface area contributed by atoms with Crippen LogP contribution >= 0.6 is 0 Å². The summed E-state index contributed by atoms with van der Waals surface area (Å²) >= 11 is 0. The molecule has 456 valence electrons. The Morgan fingerprint density at radius 2 is 0.545 bits per heavy atom. The maximum atomic E-state index is 12.7. The summed E-state index contributed by atoms with van der Waals surface area (Å²) < 4.78 is 0. The fourth-order valence-corrected chi connectivity index (χ4v) is 11.1. The Morgan fingerprint density at radius 1 is 0.312 bits per heavy atom. The molecule has 0 saturated carbocycles. The van der Waals surface area contributed by atoms with Crippen LogP contribution in [0, 0.1) is 0 Å². The zero-order chi connectivity index (χ0) is 55.8. The van der Waals surface area contributed by atoms with Crippen molar-refractivity contribution in [1.82, 2.24) is 5.32 Å². The lowest BCUT2D eigenvalue weighted by Crippen LogP contribution is -2.53. The SMILES string of the molecule is CCCCCCCCCCCCCC/C=C\CCCCCCCCCCCCCCCCCC(O)C(=O)NC(CO)C(O)C(O)CCC/C=C/CC/C=C/CCCCCCCCCCCCCCCCCCCCCCC. The monoisotopic (exact) mass is 1080 g/mol. The fourth-order valence-electron chi connectivity index (χ4n) is 11.1. The van der Waals surface area contributed by atoms with E-state index in [1.165, 1.54) is 308 Å². The van der Waals surface area contributed by atoms with Gasteiger partial charge in [-0.05, 0) is 77.0 Å². The number of rotatable bonds is 65. The second-order valence-corrected chi connectivity index (χ2v) is 24.2. The van der Waals surface area contributed by atoms with E-state index in [9.17, 15) is 25.2 Å². The normalized spacial score (nSPS) is 13.7. The second-order valence-electron chi connectivity index (χ2n) is 24.2. The molecule has 0 spiro atoms. The molecule has 6 nitrogen and oxygen atoms in total. The van der Waals surface area contributed by atoms with Gasteiger partial charge in [-0.15, -0.1) is 0 Å². The maximum Gasteiger partial charge on any atom is 0.249 e. The average Bonchev–Trinajstić information content (AvgIpc) is 3.43. The zero-order valence-electron chi connectivity index (χ0n) is 52.0. The molecule has 1 amide bonds. The van der Waals surface area contributed by atoms with Crippen LogP contribution < -0.4 is 5.32 Å². The number of hydrogen-bond acceptors (Lipinski definition) is 5. The van der Waals surface area contributed by atoms with E-state index in [0.717, 1.165) is 38.5 Å². The Morgan fingerprint density at radius 3 is 0.818 bits per heavy atom. The molecule has 0 aromatic rings. The maximum absolute atomic E-state index is 12.7. The molecule has 0 aromatic carbocycles. The number of unbranched alkanes of at least 4 members (excludes halogenated alkanes) is 50. The summed E-state index contributed by atoms with van der Waals surface area (Å²) in [6.07, 6.45) is 84.2. The number of amides is 1. The first kappa shape index (κ1) is 75.5. The van der Waals surface area contributed by atoms with E-state index in [1.54, 1.807) is 0 Å². The number of aliphatic hydroxyl groups is 4. The van der Waals surface area contributed by atoms with Crippen molar-refractivity contribution in [2.75, 3.05) is 6.61 Å². The summed E-state index contributed by atoms with van der Waals surface area (Å²) in [5.74, 6) is -0.592. The lowest BCUT2D eigenvalue weighted by atomic mass is 10.00. The molecule has 0 fully saturated rings. The molecule has 4 atom stereocenters. The van der Waals surface area contributed by atoms with Gasteiger partial charge >= 0.3 is 0 Å². The van der Waals surface area contributed by atoms with Crippen LogP contribution in [0.5, 0.6) is 0 Å². The van der Waals surface area contributed by atoms with Crippen molar-refractivity contribution in [2.45, 2.75) is 404 Å². The van der Waals surface area contributed by atoms with Gasteiger partial charge in [0.1, 0.15) is 12.2 Å². The van der Waals surface area contributed by atoms with Crippen molar-refractivity contribution < 1.29 is 25.2 Å². The van der Waals surface area contributed by atoms with Crippen molar-refractivity contribution in [3.8, 4) is 0 Å². The molecule has 0 heterocycles. The molecule has 0 aliphatic carbocycles. The Hall–Kier alpha value is -1.47. The van der Waals surface area contributed by atoms with Gasteiger partial charge in [0, 0.05) is 0 Å². The van der Waals surface area contributed by atoms with Gasteiger partial charge in [0.05, 0.1) is 18.8 Å². The van der Waals surface area contributed by atoms with Crippen molar-refractivity contribution in [3.63, 3.8) is 0 Å². The third-order valence-corrected chi connectivity index (χ3v) is 16.6. The van der Waals surface area contributed by atoms with Gasteiger partial charge in [-0.2, -0.15) is 0 Å². The smallest absolute Gasteiger partial charge is 0.249 e. The Kier molecular flexibility index (Phi) is 64.1. The molecule has 0 saturated heterocycles. The topological polar surface area (TPSA) is 110 Å². The van der Waals surface area contributed by atoms with Gasteiger partial charge in [0.15, 0.2) is 0 Å². The molecule has 77 heavy (non-hydrogen) atoms. The van der Waals surface area contributed by atoms with E-state index in [2.05, 4.69) is 55.6 Å². The first-order valence-corrected chi connectivity index (χ1v) is 34.9. The van der Waals surface area contributed by atoms with Crippen LogP contribution in [0.25, 0.3) is 0 Å². The standard InChI is InChI=1S/C71H137NO5/c1-3-5-7-9-11-13-15-17-19-21-23-25-27-29-31-33-35-37-39-41-43-45-47-49-51-53-55-57-59-61-63-65-69(75)71(77)72-67(66-73)70(76)68(74)64-62-60-58-56-54-52-50-48-46-44-42-40-38-36-34-32-30-28-26-24-22-20-18-16-14-12-10-8-6-4-2/h29,31,48,50,56,58,67-70,73-76H,3-28,30,32-47,49,51-55,57,59-66H2,1-2H3,(H,72,77)/b31-29-,50-48+,58-56+. The van der Waals surface area contributed by atoms with Crippen molar-refractivity contribution in [1.29, 1.82) is 0 Å². The molecule has 0 bridgehead atoms. The minimum Gasteiger partial charge on any atom is -0.394 e. The molecule has 0 radical (unpaired) electrons. The van der Waals surface area contributed by atoms with Gasteiger partial charge in [-0.3, -0.25) is 4.79 Å². The van der Waals surface area contributed by atoms with Gasteiger partial charge in [0.2, 0.25) is 5.91 Å². The Bertz CT molecular complexity index is 1220. The van der Waals surface area contributed by atoms with E-state index in [-0.39, 0.29) is 0 Å². The van der Waals surface area contributed by atoms with Crippen LogP contribution in [0.3, 0.4) is 0 Å². The summed E-state index contributed by atoms with van der Waals surface area (Å²) in [7, 11) is 0. The average molecular weight is 1080 g/mol. The molecule has 5 N–H and O–H groups in total. The highest BCUT2D eigenvalue weighted by molar-refractivity contribution is 5.80. The molecule has 0 aliphatic rings. The van der Waals surface area contributed by atoms with Crippen LogP contribution in [0.4, 0.5) is 0 Å². The summed E-state index contributed by atoms with van der Waals surface area (Å²) in [5.41, 5.74) is 0. The van der Waals surface area contributed by atoms with E-state index in [4.69, 9.17) is 0 Å². The summed E-state index contributed by atoms with van der Waals surface area (Å²) in [6.45, 7) is 4.09. The van der Waals surface area contributed by atoms with Crippen LogP contribution in [0.15, 0.2) is 36.5 Å². The van der Waals surface area contributed by atoms with Crippen LogP contribution in [0.1, 0.15) is 380 Å². The van der Waals surface area contributed by atoms with Crippen molar-refractivity contribution in [2.24, 2.45) is 0 Å². The predicted molar refractivity (Wildman–Crippen MR) is 339 cm³/mol. The number of hydrogen-bond donors (Lipinski definition) is 5. The highest BCUT2D eigenvalue weighted by Crippen LogP contribution is 2.19. The van der Waals surface area contributed by atoms with Gasteiger partial charge in [0.25, 0.3) is 0 Å².